The zero-order chi connectivity index (χ0) is 13.1. The van der Waals surface area contributed by atoms with E-state index in [9.17, 15) is 9.59 Å². The number of rotatable bonds is 3. The van der Waals surface area contributed by atoms with E-state index in [2.05, 4.69) is 27.9 Å². The normalized spacial score (nSPS) is 19.1. The second kappa shape index (κ2) is 5.69. The molecular weight excluding hydrogens is 343 g/mol. The van der Waals surface area contributed by atoms with Gasteiger partial charge in [-0.05, 0) is 47.7 Å². The predicted octanol–water partition coefficient (Wildman–Crippen LogP) is 2.10. The minimum absolute atomic E-state index is 0.0682. The Labute approximate surface area is 120 Å². The molecule has 0 saturated carbocycles. The van der Waals surface area contributed by atoms with Crippen molar-refractivity contribution in [2.24, 2.45) is 5.92 Å². The fraction of sp³-hybridized carbons (Fsp3) is 0.385. The third-order valence-electron chi connectivity index (χ3n) is 3.06. The lowest BCUT2D eigenvalue weighted by Crippen LogP contribution is -2.28. The Hall–Kier alpha value is -1.11. The smallest absolute Gasteiger partial charge is 0.229 e. The molecule has 0 spiro atoms. The van der Waals surface area contributed by atoms with E-state index in [1.165, 1.54) is 0 Å². The molecule has 2 rings (SSSR count). The molecule has 0 radical (unpaired) electrons. The standard InChI is InChI=1S/C13H15IN2O2/c1-2-16-8-9(6-12(16)17)13(18)15-11-5-3-4-10(14)7-11/h3-5,7,9H,2,6,8H2,1H3,(H,15,18). The molecule has 1 fully saturated rings. The number of hydrogen-bond acceptors (Lipinski definition) is 2. The van der Waals surface area contributed by atoms with E-state index in [1.54, 1.807) is 4.90 Å². The molecular formula is C13H15IN2O2. The fourth-order valence-electron chi connectivity index (χ4n) is 2.06. The van der Waals surface area contributed by atoms with Crippen LogP contribution in [0.5, 0.6) is 0 Å². The summed E-state index contributed by atoms with van der Waals surface area (Å²) in [5.41, 5.74) is 0.786. The summed E-state index contributed by atoms with van der Waals surface area (Å²) in [5, 5.41) is 2.87. The van der Waals surface area contributed by atoms with E-state index in [4.69, 9.17) is 0 Å². The van der Waals surface area contributed by atoms with Crippen LogP contribution in [0.1, 0.15) is 13.3 Å². The van der Waals surface area contributed by atoms with Gasteiger partial charge in [0.2, 0.25) is 11.8 Å². The van der Waals surface area contributed by atoms with Crippen LogP contribution in [0.4, 0.5) is 5.69 Å². The van der Waals surface area contributed by atoms with Gasteiger partial charge in [0.1, 0.15) is 0 Å². The molecule has 1 aromatic carbocycles. The first kappa shape index (κ1) is 13.3. The lowest BCUT2D eigenvalue weighted by Gasteiger charge is -2.13. The maximum absolute atomic E-state index is 12.0. The van der Waals surface area contributed by atoms with Crippen molar-refractivity contribution >= 4 is 40.1 Å². The second-order valence-corrected chi connectivity index (χ2v) is 5.58. The van der Waals surface area contributed by atoms with Crippen LogP contribution in [0.2, 0.25) is 0 Å². The van der Waals surface area contributed by atoms with Crippen molar-refractivity contribution in [2.75, 3.05) is 18.4 Å². The lowest BCUT2D eigenvalue weighted by atomic mass is 10.1. The van der Waals surface area contributed by atoms with Crippen LogP contribution in [-0.2, 0) is 9.59 Å². The van der Waals surface area contributed by atoms with E-state index in [0.29, 0.717) is 19.5 Å². The van der Waals surface area contributed by atoms with Gasteiger partial charge in [0.25, 0.3) is 0 Å². The zero-order valence-electron chi connectivity index (χ0n) is 10.1. The number of anilines is 1. The summed E-state index contributed by atoms with van der Waals surface area (Å²) in [7, 11) is 0. The van der Waals surface area contributed by atoms with Crippen molar-refractivity contribution in [3.63, 3.8) is 0 Å². The van der Waals surface area contributed by atoms with Crippen LogP contribution in [0, 0.1) is 9.49 Å². The Balaban J connectivity index is 1.99. The van der Waals surface area contributed by atoms with Gasteiger partial charge in [-0.3, -0.25) is 9.59 Å². The second-order valence-electron chi connectivity index (χ2n) is 4.33. The van der Waals surface area contributed by atoms with Gasteiger partial charge >= 0.3 is 0 Å². The fourth-order valence-corrected chi connectivity index (χ4v) is 2.61. The van der Waals surface area contributed by atoms with Crippen LogP contribution in [0.3, 0.4) is 0 Å². The van der Waals surface area contributed by atoms with E-state index < -0.39 is 0 Å². The number of halogens is 1. The predicted molar refractivity (Wildman–Crippen MR) is 78.1 cm³/mol. The molecule has 1 unspecified atom stereocenters. The Morgan fingerprint density at radius 2 is 2.33 bits per heavy atom. The van der Waals surface area contributed by atoms with Gasteiger partial charge in [0.15, 0.2) is 0 Å². The van der Waals surface area contributed by atoms with Crippen molar-refractivity contribution in [3.8, 4) is 0 Å². The van der Waals surface area contributed by atoms with Gasteiger partial charge in [-0.15, -0.1) is 0 Å². The average Bonchev–Trinajstić information content (AvgIpc) is 2.70. The van der Waals surface area contributed by atoms with Crippen molar-refractivity contribution < 1.29 is 9.59 Å². The van der Waals surface area contributed by atoms with E-state index in [0.717, 1.165) is 9.26 Å². The Bertz CT molecular complexity index is 476. The maximum Gasteiger partial charge on any atom is 0.229 e. The molecule has 1 saturated heterocycles. The number of benzene rings is 1. The summed E-state index contributed by atoms with van der Waals surface area (Å²) < 4.78 is 1.07. The molecule has 1 aromatic rings. The third kappa shape index (κ3) is 3.01. The van der Waals surface area contributed by atoms with Crippen LogP contribution >= 0.6 is 22.6 Å². The number of hydrogen-bond donors (Lipinski definition) is 1. The maximum atomic E-state index is 12.0. The number of nitrogens with zero attached hydrogens (tertiary/aromatic N) is 1. The first-order valence-corrected chi connectivity index (χ1v) is 7.02. The molecule has 1 atom stereocenters. The number of likely N-dealkylation sites (tertiary alicyclic amines) is 1. The summed E-state index contributed by atoms with van der Waals surface area (Å²) in [5.74, 6) is -0.225. The van der Waals surface area contributed by atoms with E-state index in [-0.39, 0.29) is 17.7 Å². The van der Waals surface area contributed by atoms with Crippen molar-refractivity contribution in [1.29, 1.82) is 0 Å². The number of nitrogens with one attached hydrogen (secondary N) is 1. The van der Waals surface area contributed by atoms with Crippen molar-refractivity contribution in [1.82, 2.24) is 4.90 Å². The zero-order valence-corrected chi connectivity index (χ0v) is 12.3. The highest BCUT2D eigenvalue weighted by molar-refractivity contribution is 14.1. The highest BCUT2D eigenvalue weighted by Crippen LogP contribution is 2.20. The SMILES string of the molecule is CCN1CC(C(=O)Nc2cccc(I)c2)CC1=O. The molecule has 1 heterocycles. The monoisotopic (exact) mass is 358 g/mol. The van der Waals surface area contributed by atoms with E-state index >= 15 is 0 Å². The van der Waals surface area contributed by atoms with Gasteiger partial charge < -0.3 is 10.2 Å². The molecule has 1 aliphatic heterocycles. The average molecular weight is 358 g/mol. The first-order chi connectivity index (χ1) is 8.60. The highest BCUT2D eigenvalue weighted by Gasteiger charge is 2.33. The molecule has 1 aliphatic rings. The summed E-state index contributed by atoms with van der Waals surface area (Å²) in [6.07, 6.45) is 0.323. The lowest BCUT2D eigenvalue weighted by molar-refractivity contribution is -0.128. The van der Waals surface area contributed by atoms with Crippen molar-refractivity contribution in [3.05, 3.63) is 27.8 Å². The Morgan fingerprint density at radius 3 is 2.94 bits per heavy atom. The molecule has 5 heteroatoms. The minimum atomic E-state index is -0.227. The molecule has 96 valence electrons. The molecule has 0 aromatic heterocycles. The van der Waals surface area contributed by atoms with E-state index in [1.807, 2.05) is 31.2 Å². The number of carbonyl (C=O) groups excluding carboxylic acids is 2. The number of amides is 2. The summed E-state index contributed by atoms with van der Waals surface area (Å²) in [6, 6.07) is 7.63. The molecule has 2 amide bonds. The van der Waals surface area contributed by atoms with Crippen molar-refractivity contribution in [2.45, 2.75) is 13.3 Å². The molecule has 0 bridgehead atoms. The molecule has 18 heavy (non-hydrogen) atoms. The Morgan fingerprint density at radius 1 is 1.56 bits per heavy atom. The summed E-state index contributed by atoms with van der Waals surface area (Å²) >= 11 is 2.20. The summed E-state index contributed by atoms with van der Waals surface area (Å²) in [4.78, 5) is 25.3. The van der Waals surface area contributed by atoms with Crippen LogP contribution < -0.4 is 5.32 Å². The van der Waals surface area contributed by atoms with Gasteiger partial charge in [-0.1, -0.05) is 6.07 Å². The quantitative estimate of drug-likeness (QED) is 0.842. The van der Waals surface area contributed by atoms with Gasteiger partial charge in [0, 0.05) is 28.8 Å². The van der Waals surface area contributed by atoms with Gasteiger partial charge in [0.05, 0.1) is 5.92 Å². The van der Waals surface area contributed by atoms with Gasteiger partial charge in [-0.25, -0.2) is 0 Å². The highest BCUT2D eigenvalue weighted by atomic mass is 127. The first-order valence-electron chi connectivity index (χ1n) is 5.94. The topological polar surface area (TPSA) is 49.4 Å². The number of carbonyl (C=O) groups is 2. The van der Waals surface area contributed by atoms with Crippen LogP contribution in [-0.4, -0.2) is 29.8 Å². The Kier molecular flexibility index (Phi) is 4.21. The minimum Gasteiger partial charge on any atom is -0.342 e. The molecule has 1 N–H and O–H groups in total. The largest absolute Gasteiger partial charge is 0.342 e. The van der Waals surface area contributed by atoms with Crippen LogP contribution in [0.15, 0.2) is 24.3 Å². The summed E-state index contributed by atoms with van der Waals surface area (Å²) in [6.45, 7) is 3.13. The molecule has 0 aliphatic carbocycles. The van der Waals surface area contributed by atoms with Crippen LogP contribution in [0.25, 0.3) is 0 Å². The third-order valence-corrected chi connectivity index (χ3v) is 3.73. The van der Waals surface area contributed by atoms with Gasteiger partial charge in [-0.2, -0.15) is 0 Å². The molecule has 4 nitrogen and oxygen atoms in total.